The van der Waals surface area contributed by atoms with Gasteiger partial charge in [0.2, 0.25) is 0 Å². The summed E-state index contributed by atoms with van der Waals surface area (Å²) in [7, 11) is 0. The van der Waals surface area contributed by atoms with Crippen LogP contribution in [0.25, 0.3) is 0 Å². The summed E-state index contributed by atoms with van der Waals surface area (Å²) >= 11 is 8.84. The SMILES string of the molecule is NC(=S)C1(c2cncc(Br)c2)C[C@H]2C=C[C@@H](C1)N2. The number of thiocarbonyl (C=S) groups is 1. The van der Waals surface area contributed by atoms with Crippen LogP contribution in [0.4, 0.5) is 0 Å². The lowest BCUT2D eigenvalue weighted by Crippen LogP contribution is -2.53. The predicted molar refractivity (Wildman–Crippen MR) is 79.5 cm³/mol. The molecule has 0 amide bonds. The number of rotatable bonds is 2. The average molecular weight is 324 g/mol. The maximum absolute atomic E-state index is 6.07. The van der Waals surface area contributed by atoms with Gasteiger partial charge in [-0.3, -0.25) is 4.98 Å². The molecular formula is C13H14BrN3S. The number of fused-ring (bicyclic) bond motifs is 2. The van der Waals surface area contributed by atoms with Crippen LogP contribution >= 0.6 is 28.1 Å². The lowest BCUT2D eigenvalue weighted by Gasteiger charge is -2.41. The molecule has 2 bridgehead atoms. The molecule has 0 aliphatic carbocycles. The summed E-state index contributed by atoms with van der Waals surface area (Å²) in [5, 5.41) is 3.53. The van der Waals surface area contributed by atoms with Gasteiger partial charge in [0, 0.05) is 29.0 Å². The van der Waals surface area contributed by atoms with Crippen LogP contribution in [-0.2, 0) is 5.41 Å². The molecule has 94 valence electrons. The number of nitrogens with zero attached hydrogens (tertiary/aromatic N) is 1. The number of nitrogens with two attached hydrogens (primary N) is 1. The zero-order valence-electron chi connectivity index (χ0n) is 9.77. The Morgan fingerprint density at radius 1 is 1.39 bits per heavy atom. The van der Waals surface area contributed by atoms with Crippen LogP contribution in [0.15, 0.2) is 35.1 Å². The molecule has 1 aromatic heterocycles. The second kappa shape index (κ2) is 4.40. The first kappa shape index (κ1) is 12.3. The fourth-order valence-electron chi connectivity index (χ4n) is 3.00. The molecule has 0 spiro atoms. The Morgan fingerprint density at radius 3 is 2.61 bits per heavy atom. The molecule has 1 fully saturated rings. The van der Waals surface area contributed by atoms with Gasteiger partial charge in [-0.15, -0.1) is 0 Å². The van der Waals surface area contributed by atoms with Crippen LogP contribution in [0.5, 0.6) is 0 Å². The van der Waals surface area contributed by atoms with Crippen molar-refractivity contribution in [3.8, 4) is 0 Å². The summed E-state index contributed by atoms with van der Waals surface area (Å²) in [5.74, 6) is 0. The first-order valence-electron chi connectivity index (χ1n) is 5.95. The molecule has 0 radical (unpaired) electrons. The smallest absolute Gasteiger partial charge is 0.0836 e. The largest absolute Gasteiger partial charge is 0.393 e. The molecule has 3 N–H and O–H groups in total. The Kier molecular flexibility index (Phi) is 3.00. The summed E-state index contributed by atoms with van der Waals surface area (Å²) in [4.78, 5) is 4.83. The normalized spacial score (nSPS) is 33.6. The van der Waals surface area contributed by atoms with Gasteiger partial charge >= 0.3 is 0 Å². The fourth-order valence-corrected chi connectivity index (χ4v) is 3.64. The van der Waals surface area contributed by atoms with Gasteiger partial charge in [-0.1, -0.05) is 24.4 Å². The van der Waals surface area contributed by atoms with E-state index in [-0.39, 0.29) is 5.41 Å². The van der Waals surface area contributed by atoms with Crippen LogP contribution in [0.2, 0.25) is 0 Å². The van der Waals surface area contributed by atoms with E-state index in [4.69, 9.17) is 18.0 Å². The molecular weight excluding hydrogens is 310 g/mol. The second-order valence-electron chi connectivity index (χ2n) is 5.01. The summed E-state index contributed by atoms with van der Waals surface area (Å²) in [5.41, 5.74) is 6.94. The lowest BCUT2D eigenvalue weighted by atomic mass is 9.70. The van der Waals surface area contributed by atoms with Gasteiger partial charge in [0.15, 0.2) is 0 Å². The Hall–Kier alpha value is -0.780. The van der Waals surface area contributed by atoms with E-state index >= 15 is 0 Å². The van der Waals surface area contributed by atoms with Crippen LogP contribution in [-0.4, -0.2) is 22.1 Å². The maximum atomic E-state index is 6.07. The fraction of sp³-hybridized carbons (Fsp3) is 0.385. The molecule has 2 aliphatic rings. The highest BCUT2D eigenvalue weighted by Gasteiger charge is 2.45. The first-order chi connectivity index (χ1) is 8.60. The summed E-state index contributed by atoms with van der Waals surface area (Å²) in [6, 6.07) is 2.81. The minimum atomic E-state index is -0.240. The van der Waals surface area contributed by atoms with Gasteiger partial charge in [-0.25, -0.2) is 0 Å². The molecule has 1 aromatic rings. The van der Waals surface area contributed by atoms with Crippen molar-refractivity contribution in [3.63, 3.8) is 0 Å². The highest BCUT2D eigenvalue weighted by molar-refractivity contribution is 9.10. The highest BCUT2D eigenvalue weighted by Crippen LogP contribution is 2.41. The van der Waals surface area contributed by atoms with Crippen LogP contribution in [0, 0.1) is 0 Å². The maximum Gasteiger partial charge on any atom is 0.0836 e. The summed E-state index contributed by atoms with van der Waals surface area (Å²) < 4.78 is 0.967. The number of aromatic nitrogens is 1. The minimum absolute atomic E-state index is 0.240. The molecule has 3 atom stereocenters. The third kappa shape index (κ3) is 1.90. The first-order valence-corrected chi connectivity index (χ1v) is 7.16. The van der Waals surface area contributed by atoms with Crippen molar-refractivity contribution in [2.24, 2.45) is 5.73 Å². The van der Waals surface area contributed by atoms with Crippen molar-refractivity contribution in [1.82, 2.24) is 10.3 Å². The molecule has 3 rings (SSSR count). The number of piperidine rings is 1. The number of hydrogen-bond acceptors (Lipinski definition) is 3. The lowest BCUT2D eigenvalue weighted by molar-refractivity contribution is 0.331. The molecule has 18 heavy (non-hydrogen) atoms. The van der Waals surface area contributed by atoms with Crippen molar-refractivity contribution in [2.45, 2.75) is 30.3 Å². The average Bonchev–Trinajstić information content (AvgIpc) is 2.68. The standard InChI is InChI=1S/C13H14BrN3S/c14-9-3-8(6-16-7-9)13(12(15)18)4-10-1-2-11(5-13)17-10/h1-3,6-7,10-11,17H,4-5H2,(H2,15,18)/t10-,11+,13?. The molecule has 1 unspecified atom stereocenters. The third-order valence-electron chi connectivity index (χ3n) is 3.87. The van der Waals surface area contributed by atoms with E-state index in [1.165, 1.54) is 0 Å². The molecule has 3 nitrogen and oxygen atoms in total. The Labute approximate surface area is 120 Å². The van der Waals surface area contributed by atoms with E-state index < -0.39 is 0 Å². The van der Waals surface area contributed by atoms with Crippen molar-refractivity contribution < 1.29 is 0 Å². The molecule has 2 aliphatic heterocycles. The molecule has 5 heteroatoms. The number of pyridine rings is 1. The second-order valence-corrected chi connectivity index (χ2v) is 6.37. The number of halogens is 1. The predicted octanol–water partition coefficient (Wildman–Crippen LogP) is 2.06. The highest BCUT2D eigenvalue weighted by atomic mass is 79.9. The molecule has 0 saturated carbocycles. The monoisotopic (exact) mass is 323 g/mol. The molecule has 1 saturated heterocycles. The van der Waals surface area contributed by atoms with Crippen molar-refractivity contribution in [2.75, 3.05) is 0 Å². The van der Waals surface area contributed by atoms with E-state index in [9.17, 15) is 0 Å². The number of nitrogens with one attached hydrogen (secondary N) is 1. The topological polar surface area (TPSA) is 50.9 Å². The van der Waals surface area contributed by atoms with E-state index in [0.717, 1.165) is 22.9 Å². The van der Waals surface area contributed by atoms with Crippen LogP contribution < -0.4 is 11.1 Å². The van der Waals surface area contributed by atoms with E-state index in [0.29, 0.717) is 17.1 Å². The van der Waals surface area contributed by atoms with Crippen molar-refractivity contribution in [1.29, 1.82) is 0 Å². The minimum Gasteiger partial charge on any atom is -0.393 e. The zero-order chi connectivity index (χ0) is 12.8. The Balaban J connectivity index is 2.05. The van der Waals surface area contributed by atoms with Crippen molar-refractivity contribution in [3.05, 3.63) is 40.6 Å². The molecule has 3 heterocycles. The van der Waals surface area contributed by atoms with Gasteiger partial charge in [0.25, 0.3) is 0 Å². The van der Waals surface area contributed by atoms with Gasteiger partial charge in [0.05, 0.1) is 10.4 Å². The van der Waals surface area contributed by atoms with Gasteiger partial charge in [0.1, 0.15) is 0 Å². The molecule has 0 aromatic carbocycles. The van der Waals surface area contributed by atoms with E-state index in [1.54, 1.807) is 6.20 Å². The van der Waals surface area contributed by atoms with Gasteiger partial charge in [-0.2, -0.15) is 0 Å². The summed E-state index contributed by atoms with van der Waals surface area (Å²) in [6.45, 7) is 0. The Morgan fingerprint density at radius 2 is 2.06 bits per heavy atom. The van der Waals surface area contributed by atoms with Gasteiger partial charge < -0.3 is 11.1 Å². The quantitative estimate of drug-likeness (QED) is 0.646. The summed E-state index contributed by atoms with van der Waals surface area (Å²) in [6.07, 6.45) is 9.92. The van der Waals surface area contributed by atoms with E-state index in [2.05, 4.69) is 44.4 Å². The third-order valence-corrected chi connectivity index (χ3v) is 4.69. The van der Waals surface area contributed by atoms with E-state index in [1.807, 2.05) is 6.20 Å². The zero-order valence-corrected chi connectivity index (χ0v) is 12.2. The van der Waals surface area contributed by atoms with Crippen LogP contribution in [0.1, 0.15) is 18.4 Å². The number of hydrogen-bond donors (Lipinski definition) is 2. The van der Waals surface area contributed by atoms with Crippen molar-refractivity contribution >= 4 is 33.1 Å². The Bertz CT molecular complexity index is 515. The van der Waals surface area contributed by atoms with Crippen LogP contribution in [0.3, 0.4) is 0 Å². The van der Waals surface area contributed by atoms with Gasteiger partial charge in [-0.05, 0) is 40.4 Å².